The van der Waals surface area contributed by atoms with E-state index in [1.54, 1.807) is 16.9 Å². The van der Waals surface area contributed by atoms with Gasteiger partial charge in [0.2, 0.25) is 0 Å². The van der Waals surface area contributed by atoms with Crippen molar-refractivity contribution in [1.29, 1.82) is 0 Å². The number of carbonyl (C=O) groups is 1. The molecule has 0 radical (unpaired) electrons. The van der Waals surface area contributed by atoms with E-state index in [2.05, 4.69) is 15.2 Å². The molecule has 2 aromatic rings. The molecule has 0 aliphatic rings. The molecule has 1 heterocycles. The average Bonchev–Trinajstić information content (AvgIpc) is 2.82. The number of halogens is 1. The zero-order valence-corrected chi connectivity index (χ0v) is 10.7. The molecular weight excluding hydrogens is 249 g/mol. The number of benzene rings is 1. The third-order valence-electron chi connectivity index (χ3n) is 2.77. The summed E-state index contributed by atoms with van der Waals surface area (Å²) in [5.41, 5.74) is 1.53. The maximum Gasteiger partial charge on any atom is 0.340 e. The Balaban J connectivity index is 2.13. The third-order valence-corrected chi connectivity index (χ3v) is 2.77. The second kappa shape index (κ2) is 5.51. The van der Waals surface area contributed by atoms with E-state index in [9.17, 15) is 9.18 Å². The molecule has 0 unspecified atom stereocenters. The quantitative estimate of drug-likeness (QED) is 0.857. The topological polar surface area (TPSA) is 56.1 Å². The van der Waals surface area contributed by atoms with Crippen LogP contribution < -0.4 is 5.32 Å². The van der Waals surface area contributed by atoms with Crippen LogP contribution in [0.3, 0.4) is 0 Å². The van der Waals surface area contributed by atoms with Crippen molar-refractivity contribution in [3.8, 4) is 0 Å². The van der Waals surface area contributed by atoms with Gasteiger partial charge in [-0.25, -0.2) is 9.18 Å². The van der Waals surface area contributed by atoms with Crippen molar-refractivity contribution < 1.29 is 13.9 Å². The van der Waals surface area contributed by atoms with E-state index in [0.29, 0.717) is 12.2 Å². The molecule has 5 nitrogen and oxygen atoms in total. The molecule has 0 saturated heterocycles. The van der Waals surface area contributed by atoms with Crippen molar-refractivity contribution in [2.45, 2.75) is 6.54 Å². The zero-order valence-electron chi connectivity index (χ0n) is 10.7. The fourth-order valence-corrected chi connectivity index (χ4v) is 1.67. The minimum absolute atomic E-state index is 0.0856. The smallest absolute Gasteiger partial charge is 0.340 e. The Labute approximate surface area is 110 Å². The van der Waals surface area contributed by atoms with Crippen LogP contribution in [0.5, 0.6) is 0 Å². The number of ether oxygens (including phenoxy) is 1. The summed E-state index contributed by atoms with van der Waals surface area (Å²) in [7, 11) is 3.05. The minimum Gasteiger partial charge on any atom is -0.465 e. The predicted octanol–water partition coefficient (Wildman–Crippen LogP) is 1.96. The van der Waals surface area contributed by atoms with Gasteiger partial charge in [0.1, 0.15) is 5.82 Å². The van der Waals surface area contributed by atoms with Crippen LogP contribution in [0.4, 0.5) is 10.1 Å². The molecule has 0 saturated carbocycles. The molecule has 1 aromatic carbocycles. The van der Waals surface area contributed by atoms with Crippen molar-refractivity contribution in [1.82, 2.24) is 9.78 Å². The Hall–Kier alpha value is -2.37. The molecule has 0 fully saturated rings. The van der Waals surface area contributed by atoms with Gasteiger partial charge in [-0.15, -0.1) is 0 Å². The Morgan fingerprint density at radius 2 is 2.26 bits per heavy atom. The largest absolute Gasteiger partial charge is 0.465 e. The lowest BCUT2D eigenvalue weighted by Gasteiger charge is -2.08. The van der Waals surface area contributed by atoms with Crippen LogP contribution >= 0.6 is 0 Å². The fraction of sp³-hybridized carbons (Fsp3) is 0.231. The van der Waals surface area contributed by atoms with Gasteiger partial charge < -0.3 is 10.1 Å². The molecule has 0 spiro atoms. The number of nitrogens with one attached hydrogen (secondary N) is 1. The van der Waals surface area contributed by atoms with Gasteiger partial charge in [-0.1, -0.05) is 0 Å². The van der Waals surface area contributed by atoms with Crippen LogP contribution in [-0.2, 0) is 18.3 Å². The maximum absolute atomic E-state index is 13.4. The SMILES string of the molecule is COC(=O)c1cc(NCc2ccnn2C)ccc1F. The number of rotatable bonds is 4. The summed E-state index contributed by atoms with van der Waals surface area (Å²) in [6, 6.07) is 6.10. The second-order valence-corrected chi connectivity index (χ2v) is 3.99. The van der Waals surface area contributed by atoms with Gasteiger partial charge in [0, 0.05) is 18.9 Å². The minimum atomic E-state index is -0.693. The Morgan fingerprint density at radius 1 is 1.47 bits per heavy atom. The van der Waals surface area contributed by atoms with Crippen molar-refractivity contribution in [3.05, 3.63) is 47.5 Å². The number of methoxy groups -OCH3 is 1. The second-order valence-electron chi connectivity index (χ2n) is 3.99. The van der Waals surface area contributed by atoms with Gasteiger partial charge >= 0.3 is 5.97 Å². The number of nitrogens with zero attached hydrogens (tertiary/aromatic N) is 2. The monoisotopic (exact) mass is 263 g/mol. The Kier molecular flexibility index (Phi) is 3.79. The van der Waals surface area contributed by atoms with Gasteiger partial charge in [0.25, 0.3) is 0 Å². The first kappa shape index (κ1) is 13.1. The summed E-state index contributed by atoms with van der Waals surface area (Å²) in [6.45, 7) is 0.531. The number of aryl methyl sites for hydroxylation is 1. The van der Waals surface area contributed by atoms with Gasteiger partial charge in [0.15, 0.2) is 0 Å². The first-order chi connectivity index (χ1) is 9.11. The molecule has 0 atom stereocenters. The molecule has 1 N–H and O–H groups in total. The van der Waals surface area contributed by atoms with E-state index in [0.717, 1.165) is 5.69 Å². The predicted molar refractivity (Wildman–Crippen MR) is 68.3 cm³/mol. The summed E-state index contributed by atoms with van der Waals surface area (Å²) >= 11 is 0. The summed E-state index contributed by atoms with van der Waals surface area (Å²) in [6.07, 6.45) is 1.70. The van der Waals surface area contributed by atoms with E-state index in [4.69, 9.17) is 0 Å². The molecular formula is C13H14FN3O2. The number of aromatic nitrogens is 2. The molecule has 0 bridgehead atoms. The number of esters is 1. The molecule has 0 amide bonds. The normalized spacial score (nSPS) is 10.3. The summed E-state index contributed by atoms with van der Waals surface area (Å²) in [5, 5.41) is 7.14. The molecule has 0 aliphatic carbocycles. The molecule has 2 rings (SSSR count). The fourth-order valence-electron chi connectivity index (χ4n) is 1.67. The lowest BCUT2D eigenvalue weighted by Crippen LogP contribution is -2.08. The van der Waals surface area contributed by atoms with Crippen LogP contribution in [0.15, 0.2) is 30.5 Å². The molecule has 0 aliphatic heterocycles. The Morgan fingerprint density at radius 3 is 2.89 bits per heavy atom. The van der Waals surface area contributed by atoms with E-state index < -0.39 is 11.8 Å². The van der Waals surface area contributed by atoms with Gasteiger partial charge in [0.05, 0.1) is 24.9 Å². The van der Waals surface area contributed by atoms with E-state index in [1.807, 2.05) is 13.1 Å². The lowest BCUT2D eigenvalue weighted by atomic mass is 10.2. The molecule has 19 heavy (non-hydrogen) atoms. The highest BCUT2D eigenvalue weighted by atomic mass is 19.1. The highest BCUT2D eigenvalue weighted by Crippen LogP contribution is 2.16. The van der Waals surface area contributed by atoms with E-state index in [1.165, 1.54) is 19.2 Å². The third kappa shape index (κ3) is 2.90. The summed E-state index contributed by atoms with van der Waals surface area (Å²) < 4.78 is 19.7. The van der Waals surface area contributed by atoms with Crippen LogP contribution in [0, 0.1) is 5.82 Å². The van der Waals surface area contributed by atoms with E-state index >= 15 is 0 Å². The number of carbonyl (C=O) groups excluding carboxylic acids is 1. The summed E-state index contributed by atoms with van der Waals surface area (Å²) in [5.74, 6) is -1.29. The van der Waals surface area contributed by atoms with Crippen molar-refractivity contribution in [3.63, 3.8) is 0 Å². The van der Waals surface area contributed by atoms with Gasteiger partial charge in [-0.3, -0.25) is 4.68 Å². The summed E-state index contributed by atoms with van der Waals surface area (Å²) in [4.78, 5) is 11.4. The van der Waals surface area contributed by atoms with Crippen molar-refractivity contribution in [2.75, 3.05) is 12.4 Å². The van der Waals surface area contributed by atoms with Crippen molar-refractivity contribution in [2.24, 2.45) is 7.05 Å². The number of hydrogen-bond donors (Lipinski definition) is 1. The lowest BCUT2D eigenvalue weighted by molar-refractivity contribution is 0.0595. The first-order valence-corrected chi connectivity index (χ1v) is 5.70. The van der Waals surface area contributed by atoms with Gasteiger partial charge in [-0.05, 0) is 24.3 Å². The average molecular weight is 263 g/mol. The van der Waals surface area contributed by atoms with Crippen LogP contribution in [0.25, 0.3) is 0 Å². The van der Waals surface area contributed by atoms with Crippen LogP contribution in [0.1, 0.15) is 16.1 Å². The van der Waals surface area contributed by atoms with Gasteiger partial charge in [-0.2, -0.15) is 5.10 Å². The highest BCUT2D eigenvalue weighted by Gasteiger charge is 2.12. The number of hydrogen-bond acceptors (Lipinski definition) is 4. The standard InChI is InChI=1S/C13H14FN3O2/c1-17-10(5-6-16-17)8-15-9-3-4-12(14)11(7-9)13(18)19-2/h3-7,15H,8H2,1-2H3. The maximum atomic E-state index is 13.4. The molecule has 100 valence electrons. The zero-order chi connectivity index (χ0) is 13.8. The van der Waals surface area contributed by atoms with Crippen molar-refractivity contribution >= 4 is 11.7 Å². The van der Waals surface area contributed by atoms with Crippen LogP contribution in [-0.4, -0.2) is 22.9 Å². The van der Waals surface area contributed by atoms with E-state index in [-0.39, 0.29) is 5.56 Å². The van der Waals surface area contributed by atoms with Crippen LogP contribution in [0.2, 0.25) is 0 Å². The molecule has 6 heteroatoms. The molecule has 1 aromatic heterocycles. The highest BCUT2D eigenvalue weighted by molar-refractivity contribution is 5.90. The Bertz CT molecular complexity index is 595. The first-order valence-electron chi connectivity index (χ1n) is 5.70. The number of anilines is 1.